The molecule has 0 saturated carbocycles. The summed E-state index contributed by atoms with van der Waals surface area (Å²) in [5.41, 5.74) is 3.61. The van der Waals surface area contributed by atoms with E-state index in [1.807, 2.05) is 55.6 Å². The monoisotopic (exact) mass is 263 g/mol. The zero-order valence-electron chi connectivity index (χ0n) is 11.1. The Labute approximate surface area is 116 Å². The second kappa shape index (κ2) is 3.97. The molecule has 4 rings (SSSR count). The van der Waals surface area contributed by atoms with Gasteiger partial charge in [0.05, 0.1) is 11.1 Å². The number of pyridine rings is 1. The fraction of sp³-hybridized carbons (Fsp3) is 0.118. The number of aromatic nitrogens is 1. The SMILES string of the molecule is Cn1c(=O)c2c(c3ccccc31)OCc1ccccc1-2. The molecular weight excluding hydrogens is 250 g/mol. The molecule has 98 valence electrons. The molecule has 0 aliphatic carbocycles. The lowest BCUT2D eigenvalue weighted by Crippen LogP contribution is -2.23. The van der Waals surface area contributed by atoms with E-state index >= 15 is 0 Å². The van der Waals surface area contributed by atoms with E-state index in [0.29, 0.717) is 17.9 Å². The maximum absolute atomic E-state index is 12.7. The van der Waals surface area contributed by atoms with Crippen LogP contribution in [0.3, 0.4) is 0 Å². The lowest BCUT2D eigenvalue weighted by molar-refractivity contribution is 0.305. The molecule has 3 aromatic rings. The maximum atomic E-state index is 12.7. The van der Waals surface area contributed by atoms with E-state index in [4.69, 9.17) is 4.74 Å². The van der Waals surface area contributed by atoms with Crippen molar-refractivity contribution < 1.29 is 4.74 Å². The van der Waals surface area contributed by atoms with E-state index in [-0.39, 0.29) is 5.56 Å². The Bertz CT molecular complexity index is 893. The molecule has 0 bridgehead atoms. The minimum absolute atomic E-state index is 0.00847. The second-order valence-electron chi connectivity index (χ2n) is 5.03. The number of aryl methyl sites for hydroxylation is 1. The number of para-hydroxylation sites is 1. The highest BCUT2D eigenvalue weighted by atomic mass is 16.5. The normalized spacial score (nSPS) is 12.7. The minimum Gasteiger partial charge on any atom is -0.487 e. The van der Waals surface area contributed by atoms with Gasteiger partial charge in [0, 0.05) is 12.4 Å². The van der Waals surface area contributed by atoms with Crippen molar-refractivity contribution in [3.8, 4) is 16.9 Å². The number of rotatable bonds is 0. The van der Waals surface area contributed by atoms with Crippen LogP contribution < -0.4 is 10.3 Å². The van der Waals surface area contributed by atoms with Gasteiger partial charge in [-0.25, -0.2) is 0 Å². The summed E-state index contributed by atoms with van der Waals surface area (Å²) in [5, 5.41) is 0.985. The molecule has 0 atom stereocenters. The molecule has 0 amide bonds. The van der Waals surface area contributed by atoms with Gasteiger partial charge in [0.15, 0.2) is 0 Å². The number of ether oxygens (including phenoxy) is 1. The van der Waals surface area contributed by atoms with Crippen molar-refractivity contribution in [1.82, 2.24) is 4.57 Å². The minimum atomic E-state index is -0.00847. The van der Waals surface area contributed by atoms with Crippen LogP contribution in [-0.2, 0) is 13.7 Å². The average Bonchev–Trinajstić information content (AvgIpc) is 2.51. The second-order valence-corrected chi connectivity index (χ2v) is 5.03. The largest absolute Gasteiger partial charge is 0.487 e. The first-order valence-electron chi connectivity index (χ1n) is 6.60. The standard InChI is InChI=1S/C17H13NO2/c1-18-14-9-5-4-8-13(14)16-15(17(18)19)12-7-3-2-6-11(12)10-20-16/h2-9H,10H2,1H3. The summed E-state index contributed by atoms with van der Waals surface area (Å²) in [5.74, 6) is 0.711. The van der Waals surface area contributed by atoms with E-state index in [1.165, 1.54) is 0 Å². The fourth-order valence-corrected chi connectivity index (χ4v) is 2.89. The van der Waals surface area contributed by atoms with Gasteiger partial charge in [0.2, 0.25) is 0 Å². The summed E-state index contributed by atoms with van der Waals surface area (Å²) in [7, 11) is 1.81. The van der Waals surface area contributed by atoms with E-state index in [0.717, 1.165) is 22.0 Å². The van der Waals surface area contributed by atoms with E-state index < -0.39 is 0 Å². The predicted octanol–water partition coefficient (Wildman–Crippen LogP) is 3.10. The summed E-state index contributed by atoms with van der Waals surface area (Å²) in [6, 6.07) is 15.8. The molecule has 2 heterocycles. The van der Waals surface area contributed by atoms with Gasteiger partial charge in [0.25, 0.3) is 5.56 Å². The molecule has 2 aromatic carbocycles. The first-order chi connectivity index (χ1) is 9.77. The highest BCUT2D eigenvalue weighted by Gasteiger charge is 2.23. The van der Waals surface area contributed by atoms with Crippen LogP contribution in [0, 0.1) is 0 Å². The quantitative estimate of drug-likeness (QED) is 0.624. The summed E-state index contributed by atoms with van der Waals surface area (Å²) in [6.45, 7) is 0.514. The van der Waals surface area contributed by atoms with Crippen LogP contribution in [0.25, 0.3) is 22.0 Å². The van der Waals surface area contributed by atoms with Crippen molar-refractivity contribution in [1.29, 1.82) is 0 Å². The van der Waals surface area contributed by atoms with E-state index in [2.05, 4.69) is 0 Å². The number of benzene rings is 2. The lowest BCUT2D eigenvalue weighted by Gasteiger charge is -2.22. The van der Waals surface area contributed by atoms with Crippen LogP contribution in [0.2, 0.25) is 0 Å². The maximum Gasteiger partial charge on any atom is 0.262 e. The Morgan fingerprint density at radius 2 is 1.80 bits per heavy atom. The van der Waals surface area contributed by atoms with E-state index in [9.17, 15) is 4.79 Å². The van der Waals surface area contributed by atoms with Crippen molar-refractivity contribution in [2.24, 2.45) is 7.05 Å². The summed E-state index contributed by atoms with van der Waals surface area (Å²) in [4.78, 5) is 12.7. The number of fused-ring (bicyclic) bond motifs is 5. The van der Waals surface area contributed by atoms with Gasteiger partial charge in [-0.3, -0.25) is 4.79 Å². The van der Waals surface area contributed by atoms with Crippen LogP contribution in [-0.4, -0.2) is 4.57 Å². The number of nitrogens with zero attached hydrogens (tertiary/aromatic N) is 1. The lowest BCUT2D eigenvalue weighted by atomic mass is 9.96. The van der Waals surface area contributed by atoms with Gasteiger partial charge < -0.3 is 9.30 Å². The predicted molar refractivity (Wildman–Crippen MR) is 79.0 cm³/mol. The van der Waals surface area contributed by atoms with Gasteiger partial charge in [-0.1, -0.05) is 36.4 Å². The molecule has 1 aromatic heterocycles. The topological polar surface area (TPSA) is 31.2 Å². The van der Waals surface area contributed by atoms with Gasteiger partial charge in [-0.05, 0) is 23.3 Å². The van der Waals surface area contributed by atoms with Crippen LogP contribution in [0.4, 0.5) is 0 Å². The Kier molecular flexibility index (Phi) is 2.24. The van der Waals surface area contributed by atoms with Gasteiger partial charge in [-0.2, -0.15) is 0 Å². The zero-order valence-corrected chi connectivity index (χ0v) is 11.1. The molecule has 1 aliphatic rings. The van der Waals surface area contributed by atoms with Crippen molar-refractivity contribution in [2.75, 3.05) is 0 Å². The number of hydrogen-bond acceptors (Lipinski definition) is 2. The van der Waals surface area contributed by atoms with Gasteiger partial charge in [0.1, 0.15) is 12.4 Å². The first kappa shape index (κ1) is 11.3. The Balaban J connectivity index is 2.22. The molecule has 3 heteroatoms. The molecule has 0 spiro atoms. The molecule has 3 nitrogen and oxygen atoms in total. The molecule has 0 unspecified atom stereocenters. The molecular formula is C17H13NO2. The molecule has 0 radical (unpaired) electrons. The third-order valence-corrected chi connectivity index (χ3v) is 3.91. The van der Waals surface area contributed by atoms with Gasteiger partial charge in [-0.15, -0.1) is 0 Å². The Hall–Kier alpha value is -2.55. The molecule has 1 aliphatic heterocycles. The zero-order chi connectivity index (χ0) is 13.7. The molecule has 0 N–H and O–H groups in total. The van der Waals surface area contributed by atoms with Crippen LogP contribution in [0.5, 0.6) is 5.75 Å². The Morgan fingerprint density at radius 1 is 1.05 bits per heavy atom. The van der Waals surface area contributed by atoms with Gasteiger partial charge >= 0.3 is 0 Å². The average molecular weight is 263 g/mol. The third-order valence-electron chi connectivity index (χ3n) is 3.91. The van der Waals surface area contributed by atoms with E-state index in [1.54, 1.807) is 4.57 Å². The third kappa shape index (κ3) is 1.37. The highest BCUT2D eigenvalue weighted by molar-refractivity contribution is 5.93. The van der Waals surface area contributed by atoms with Crippen molar-refractivity contribution in [2.45, 2.75) is 6.61 Å². The van der Waals surface area contributed by atoms with Crippen molar-refractivity contribution in [3.63, 3.8) is 0 Å². The van der Waals surface area contributed by atoms with Crippen molar-refractivity contribution in [3.05, 3.63) is 64.4 Å². The summed E-state index contributed by atoms with van der Waals surface area (Å²) in [6.07, 6.45) is 0. The van der Waals surface area contributed by atoms with Crippen molar-refractivity contribution >= 4 is 10.9 Å². The summed E-state index contributed by atoms with van der Waals surface area (Å²) < 4.78 is 7.58. The van der Waals surface area contributed by atoms with Crippen LogP contribution in [0.1, 0.15) is 5.56 Å². The fourth-order valence-electron chi connectivity index (χ4n) is 2.89. The molecule has 20 heavy (non-hydrogen) atoms. The number of hydrogen-bond donors (Lipinski definition) is 0. The van der Waals surface area contributed by atoms with Crippen LogP contribution in [0.15, 0.2) is 53.3 Å². The molecule has 0 saturated heterocycles. The first-order valence-corrected chi connectivity index (χ1v) is 6.60. The van der Waals surface area contributed by atoms with Crippen LogP contribution >= 0.6 is 0 Å². The smallest absolute Gasteiger partial charge is 0.262 e. The Morgan fingerprint density at radius 3 is 2.70 bits per heavy atom. The summed E-state index contributed by atoms with van der Waals surface area (Å²) >= 11 is 0. The molecule has 0 fully saturated rings. The highest BCUT2D eigenvalue weighted by Crippen LogP contribution is 2.39.